The van der Waals surface area contributed by atoms with Crippen LogP contribution in [0.2, 0.25) is 0 Å². The number of anilines is 3. The smallest absolute Gasteiger partial charge is 0.221 e. The molecule has 0 saturated carbocycles. The first-order valence-corrected chi connectivity index (χ1v) is 8.07. The van der Waals surface area contributed by atoms with Crippen molar-refractivity contribution in [3.63, 3.8) is 0 Å². The van der Waals surface area contributed by atoms with E-state index in [2.05, 4.69) is 53.6 Å². The van der Waals surface area contributed by atoms with Gasteiger partial charge < -0.3 is 15.5 Å². The molecule has 1 amide bonds. The van der Waals surface area contributed by atoms with Gasteiger partial charge in [0.1, 0.15) is 0 Å². The van der Waals surface area contributed by atoms with E-state index in [9.17, 15) is 4.79 Å². The Labute approximate surface area is 138 Å². The molecule has 122 valence electrons. The molecule has 2 aromatic rings. The van der Waals surface area contributed by atoms with Crippen molar-refractivity contribution >= 4 is 23.0 Å². The topological polar surface area (TPSA) is 44.4 Å². The summed E-state index contributed by atoms with van der Waals surface area (Å²) in [5, 5.41) is 6.15. The Morgan fingerprint density at radius 1 is 0.913 bits per heavy atom. The fraction of sp³-hybridized carbons (Fsp3) is 0.316. The third-order valence-corrected chi connectivity index (χ3v) is 3.77. The number of nitrogens with zero attached hydrogens (tertiary/aromatic N) is 1. The molecule has 0 radical (unpaired) electrons. The molecule has 2 N–H and O–H groups in total. The maximum atomic E-state index is 11.0. The van der Waals surface area contributed by atoms with Gasteiger partial charge in [-0.05, 0) is 55.8 Å². The summed E-state index contributed by atoms with van der Waals surface area (Å²) >= 11 is 0. The molecule has 0 atom stereocenters. The number of benzene rings is 2. The minimum Gasteiger partial charge on any atom is -0.381 e. The van der Waals surface area contributed by atoms with Gasteiger partial charge in [-0.25, -0.2) is 0 Å². The molecule has 0 unspecified atom stereocenters. The molecule has 0 spiro atoms. The van der Waals surface area contributed by atoms with Crippen LogP contribution in [0.5, 0.6) is 0 Å². The van der Waals surface area contributed by atoms with Crippen molar-refractivity contribution in [2.45, 2.75) is 27.3 Å². The zero-order valence-electron chi connectivity index (χ0n) is 14.1. The van der Waals surface area contributed by atoms with E-state index in [1.807, 2.05) is 24.3 Å². The predicted octanol–water partition coefficient (Wildman–Crippen LogP) is 4.10. The van der Waals surface area contributed by atoms with Crippen molar-refractivity contribution < 1.29 is 4.79 Å². The zero-order valence-corrected chi connectivity index (χ0v) is 14.1. The molecule has 0 fully saturated rings. The molecular formula is C19H25N3O. The average Bonchev–Trinajstić information content (AvgIpc) is 2.56. The normalized spacial score (nSPS) is 10.2. The van der Waals surface area contributed by atoms with Gasteiger partial charge in [-0.3, -0.25) is 4.79 Å². The van der Waals surface area contributed by atoms with Crippen LogP contribution >= 0.6 is 0 Å². The number of nitrogens with one attached hydrogen (secondary N) is 2. The second-order valence-electron chi connectivity index (χ2n) is 5.45. The molecule has 23 heavy (non-hydrogen) atoms. The lowest BCUT2D eigenvalue weighted by atomic mass is 10.2. The van der Waals surface area contributed by atoms with Crippen LogP contribution < -0.4 is 15.5 Å². The summed E-state index contributed by atoms with van der Waals surface area (Å²) in [5.41, 5.74) is 4.35. The van der Waals surface area contributed by atoms with Crippen molar-refractivity contribution in [3.05, 3.63) is 54.1 Å². The van der Waals surface area contributed by atoms with Crippen LogP contribution in [-0.2, 0) is 11.3 Å². The van der Waals surface area contributed by atoms with Crippen LogP contribution in [0.15, 0.2) is 48.5 Å². The van der Waals surface area contributed by atoms with Gasteiger partial charge in [0.05, 0.1) is 0 Å². The van der Waals surface area contributed by atoms with Crippen LogP contribution in [0.4, 0.5) is 17.1 Å². The monoisotopic (exact) mass is 311 g/mol. The van der Waals surface area contributed by atoms with Crippen molar-refractivity contribution in [3.8, 4) is 0 Å². The van der Waals surface area contributed by atoms with E-state index < -0.39 is 0 Å². The Morgan fingerprint density at radius 2 is 1.48 bits per heavy atom. The Bertz CT molecular complexity index is 616. The minimum atomic E-state index is -0.0565. The van der Waals surface area contributed by atoms with Crippen LogP contribution in [-0.4, -0.2) is 19.0 Å². The second kappa shape index (κ2) is 8.22. The third kappa shape index (κ3) is 5.02. The second-order valence-corrected chi connectivity index (χ2v) is 5.45. The molecule has 0 aliphatic carbocycles. The van der Waals surface area contributed by atoms with Gasteiger partial charge in [-0.15, -0.1) is 0 Å². The van der Waals surface area contributed by atoms with E-state index in [1.165, 1.54) is 18.2 Å². The molecule has 0 aromatic heterocycles. The number of carbonyl (C=O) groups is 1. The summed E-state index contributed by atoms with van der Waals surface area (Å²) in [6.45, 7) is 8.67. The molecule has 0 bridgehead atoms. The molecule has 4 heteroatoms. The van der Waals surface area contributed by atoms with Crippen LogP contribution in [0.3, 0.4) is 0 Å². The summed E-state index contributed by atoms with van der Waals surface area (Å²) in [7, 11) is 0. The summed E-state index contributed by atoms with van der Waals surface area (Å²) in [5.74, 6) is -0.0565. The minimum absolute atomic E-state index is 0.0565. The van der Waals surface area contributed by atoms with E-state index in [4.69, 9.17) is 0 Å². The van der Waals surface area contributed by atoms with Crippen molar-refractivity contribution in [2.75, 3.05) is 28.6 Å². The van der Waals surface area contributed by atoms with Gasteiger partial charge in [0, 0.05) is 43.6 Å². The Kier molecular flexibility index (Phi) is 6.03. The molecule has 2 rings (SSSR count). The van der Waals surface area contributed by atoms with Crippen molar-refractivity contribution in [1.82, 2.24) is 0 Å². The number of rotatable bonds is 7. The summed E-state index contributed by atoms with van der Waals surface area (Å²) in [6, 6.07) is 16.4. The largest absolute Gasteiger partial charge is 0.381 e. The van der Waals surface area contributed by atoms with Gasteiger partial charge in [0.2, 0.25) is 5.91 Å². The van der Waals surface area contributed by atoms with E-state index in [0.717, 1.165) is 31.0 Å². The Balaban J connectivity index is 1.91. The molecule has 4 nitrogen and oxygen atoms in total. The fourth-order valence-corrected chi connectivity index (χ4v) is 2.49. The first-order chi connectivity index (χ1) is 11.1. The lowest BCUT2D eigenvalue weighted by Crippen LogP contribution is -2.21. The number of hydrogen-bond donors (Lipinski definition) is 2. The Morgan fingerprint density at radius 3 is 2.00 bits per heavy atom. The summed E-state index contributed by atoms with van der Waals surface area (Å²) in [4.78, 5) is 13.3. The highest BCUT2D eigenvalue weighted by atomic mass is 16.1. The van der Waals surface area contributed by atoms with Gasteiger partial charge in [0.15, 0.2) is 0 Å². The lowest BCUT2D eigenvalue weighted by Gasteiger charge is -2.21. The van der Waals surface area contributed by atoms with Gasteiger partial charge in [-0.1, -0.05) is 12.1 Å². The first-order valence-electron chi connectivity index (χ1n) is 8.07. The maximum absolute atomic E-state index is 11.0. The van der Waals surface area contributed by atoms with Crippen molar-refractivity contribution in [1.29, 1.82) is 0 Å². The molecule has 0 saturated heterocycles. The molecule has 0 heterocycles. The first kappa shape index (κ1) is 16.9. The van der Waals surface area contributed by atoms with Gasteiger partial charge in [-0.2, -0.15) is 0 Å². The highest BCUT2D eigenvalue weighted by Crippen LogP contribution is 2.17. The van der Waals surface area contributed by atoms with Gasteiger partial charge >= 0.3 is 0 Å². The average molecular weight is 311 g/mol. The molecule has 0 aliphatic rings. The molecule has 0 aliphatic heterocycles. The SMILES string of the molecule is CCN(CC)c1ccc(CNc2ccc(NC(C)=O)cc2)cc1. The van der Waals surface area contributed by atoms with Gasteiger partial charge in [0.25, 0.3) is 0 Å². The summed E-state index contributed by atoms with van der Waals surface area (Å²) in [6.07, 6.45) is 0. The number of amides is 1. The van der Waals surface area contributed by atoms with Crippen LogP contribution in [0.1, 0.15) is 26.3 Å². The number of carbonyl (C=O) groups excluding carboxylic acids is 1. The maximum Gasteiger partial charge on any atom is 0.221 e. The van der Waals surface area contributed by atoms with E-state index in [-0.39, 0.29) is 5.91 Å². The molecule has 2 aromatic carbocycles. The van der Waals surface area contributed by atoms with E-state index in [0.29, 0.717) is 0 Å². The van der Waals surface area contributed by atoms with E-state index >= 15 is 0 Å². The highest BCUT2D eigenvalue weighted by molar-refractivity contribution is 5.88. The highest BCUT2D eigenvalue weighted by Gasteiger charge is 2.01. The lowest BCUT2D eigenvalue weighted by molar-refractivity contribution is -0.114. The Hall–Kier alpha value is -2.49. The quantitative estimate of drug-likeness (QED) is 0.809. The number of hydrogen-bond acceptors (Lipinski definition) is 3. The zero-order chi connectivity index (χ0) is 16.7. The van der Waals surface area contributed by atoms with E-state index in [1.54, 1.807) is 0 Å². The van der Waals surface area contributed by atoms with Crippen LogP contribution in [0.25, 0.3) is 0 Å². The standard InChI is InChI=1S/C19H25N3O/c1-4-22(5-2)19-12-6-16(7-13-19)14-20-17-8-10-18(11-9-17)21-15(3)23/h6-13,20H,4-5,14H2,1-3H3,(H,21,23). The summed E-state index contributed by atoms with van der Waals surface area (Å²) < 4.78 is 0. The fourth-order valence-electron chi connectivity index (χ4n) is 2.49. The predicted molar refractivity (Wildman–Crippen MR) is 98.1 cm³/mol. The van der Waals surface area contributed by atoms with Crippen molar-refractivity contribution in [2.24, 2.45) is 0 Å². The third-order valence-electron chi connectivity index (χ3n) is 3.77. The molecular weight excluding hydrogens is 286 g/mol. The van der Waals surface area contributed by atoms with Crippen LogP contribution in [0, 0.1) is 0 Å².